The molecule has 8 nitrogen and oxygen atoms in total. The molecule has 1 aromatic heterocycles. The van der Waals surface area contributed by atoms with Crippen LogP contribution in [0, 0.1) is 0 Å². The Morgan fingerprint density at radius 1 is 1.15 bits per heavy atom. The predicted octanol–water partition coefficient (Wildman–Crippen LogP) is 4.34. The fourth-order valence-corrected chi connectivity index (χ4v) is 4.38. The summed E-state index contributed by atoms with van der Waals surface area (Å²) in [5.74, 6) is -1.91. The Kier molecular flexibility index (Phi) is 6.74. The number of nitrogens with zero attached hydrogens (tertiary/aromatic N) is 2. The van der Waals surface area contributed by atoms with Gasteiger partial charge in [0.25, 0.3) is 5.78 Å². The van der Waals surface area contributed by atoms with E-state index in [9.17, 15) is 19.5 Å². The average molecular weight is 479 g/mol. The summed E-state index contributed by atoms with van der Waals surface area (Å²) in [5.41, 5.74) is 1.13. The highest BCUT2D eigenvalue weighted by atomic mass is 32.1. The Balaban J connectivity index is 1.85. The summed E-state index contributed by atoms with van der Waals surface area (Å²) in [6, 6.07) is 12.1. The van der Waals surface area contributed by atoms with Gasteiger partial charge in [-0.15, -0.1) is 11.3 Å². The average Bonchev–Trinajstić information content (AvgIpc) is 3.48. The second kappa shape index (κ2) is 9.88. The molecule has 3 aromatic rings. The van der Waals surface area contributed by atoms with Crippen LogP contribution in [0.15, 0.2) is 65.7 Å². The first-order valence-corrected chi connectivity index (χ1v) is 11.5. The summed E-state index contributed by atoms with van der Waals surface area (Å²) in [6.07, 6.45) is 2.35. The predicted molar refractivity (Wildman–Crippen MR) is 127 cm³/mol. The number of hydrogen-bond acceptors (Lipinski definition) is 8. The monoisotopic (exact) mass is 478 g/mol. The molecule has 0 aliphatic carbocycles. The van der Waals surface area contributed by atoms with Crippen molar-refractivity contribution in [3.05, 3.63) is 82.4 Å². The van der Waals surface area contributed by atoms with E-state index >= 15 is 0 Å². The van der Waals surface area contributed by atoms with Crippen LogP contribution in [-0.2, 0) is 14.3 Å². The maximum Gasteiger partial charge on any atom is 0.337 e. The molecular weight excluding hydrogens is 456 g/mol. The number of carbonyl (C=O) groups excluding carboxylic acids is 3. The van der Waals surface area contributed by atoms with E-state index in [0.29, 0.717) is 34.2 Å². The van der Waals surface area contributed by atoms with Gasteiger partial charge in [-0.25, -0.2) is 9.78 Å². The van der Waals surface area contributed by atoms with Gasteiger partial charge in [-0.3, -0.25) is 14.5 Å². The molecule has 0 saturated carbocycles. The first kappa shape index (κ1) is 23.2. The van der Waals surface area contributed by atoms with Gasteiger partial charge in [-0.1, -0.05) is 31.2 Å². The van der Waals surface area contributed by atoms with E-state index in [0.717, 1.165) is 6.42 Å². The zero-order chi connectivity index (χ0) is 24.2. The van der Waals surface area contributed by atoms with E-state index < -0.39 is 23.7 Å². The molecule has 0 bridgehead atoms. The number of Topliss-reactive ketones (excluding diaryl/α,β-unsaturated/α-hetero) is 1. The van der Waals surface area contributed by atoms with Gasteiger partial charge in [-0.2, -0.15) is 0 Å². The number of hydrogen-bond donors (Lipinski definition) is 1. The molecule has 2 heterocycles. The molecule has 1 fully saturated rings. The van der Waals surface area contributed by atoms with Crippen molar-refractivity contribution in [1.29, 1.82) is 0 Å². The number of anilines is 1. The van der Waals surface area contributed by atoms with E-state index in [1.807, 2.05) is 6.92 Å². The van der Waals surface area contributed by atoms with E-state index in [1.54, 1.807) is 53.9 Å². The number of methoxy groups -OCH3 is 1. The van der Waals surface area contributed by atoms with Crippen molar-refractivity contribution in [2.24, 2.45) is 0 Å². The smallest absolute Gasteiger partial charge is 0.337 e. The second-order valence-electron chi connectivity index (χ2n) is 7.47. The summed E-state index contributed by atoms with van der Waals surface area (Å²) >= 11 is 1.20. The molecule has 1 saturated heterocycles. The number of aromatic nitrogens is 1. The Hall–Kier alpha value is -3.98. The number of esters is 1. The molecule has 1 aliphatic heterocycles. The highest BCUT2D eigenvalue weighted by Gasteiger charge is 2.48. The fraction of sp³-hybridized carbons (Fsp3) is 0.200. The van der Waals surface area contributed by atoms with Crippen molar-refractivity contribution in [3.8, 4) is 5.75 Å². The van der Waals surface area contributed by atoms with E-state index in [1.165, 1.54) is 29.5 Å². The van der Waals surface area contributed by atoms with Crippen LogP contribution < -0.4 is 9.64 Å². The Morgan fingerprint density at radius 2 is 1.91 bits per heavy atom. The van der Waals surface area contributed by atoms with Crippen molar-refractivity contribution >= 4 is 39.9 Å². The van der Waals surface area contributed by atoms with Gasteiger partial charge in [0, 0.05) is 17.1 Å². The molecule has 1 N–H and O–H groups in total. The quantitative estimate of drug-likeness (QED) is 0.233. The Bertz CT molecular complexity index is 1250. The van der Waals surface area contributed by atoms with Crippen molar-refractivity contribution < 1.29 is 29.0 Å². The highest BCUT2D eigenvalue weighted by molar-refractivity contribution is 7.14. The third-order valence-electron chi connectivity index (χ3n) is 5.30. The van der Waals surface area contributed by atoms with Crippen molar-refractivity contribution in [3.63, 3.8) is 0 Å². The number of aliphatic hydroxyl groups is 1. The van der Waals surface area contributed by atoms with Crippen LogP contribution in [0.2, 0.25) is 0 Å². The molecule has 174 valence electrons. The Morgan fingerprint density at radius 3 is 2.56 bits per heavy atom. The molecule has 9 heteroatoms. The molecule has 4 rings (SSSR count). The first-order chi connectivity index (χ1) is 16.5. The number of aliphatic hydroxyl groups excluding tert-OH is 1. The maximum atomic E-state index is 13.2. The summed E-state index contributed by atoms with van der Waals surface area (Å²) in [7, 11) is 1.28. The second-order valence-corrected chi connectivity index (χ2v) is 8.35. The fourth-order valence-electron chi connectivity index (χ4n) is 3.71. The third kappa shape index (κ3) is 4.29. The lowest BCUT2D eigenvalue weighted by Gasteiger charge is -2.23. The number of benzene rings is 2. The molecule has 1 unspecified atom stereocenters. The molecule has 1 atom stereocenters. The van der Waals surface area contributed by atoms with Gasteiger partial charge in [-0.05, 0) is 36.2 Å². The molecule has 0 radical (unpaired) electrons. The van der Waals surface area contributed by atoms with Gasteiger partial charge in [0.05, 0.1) is 30.9 Å². The van der Waals surface area contributed by atoms with E-state index in [-0.39, 0.29) is 11.3 Å². The van der Waals surface area contributed by atoms with Crippen LogP contribution in [0.25, 0.3) is 5.76 Å². The van der Waals surface area contributed by atoms with Gasteiger partial charge >= 0.3 is 11.9 Å². The normalized spacial score (nSPS) is 17.1. The van der Waals surface area contributed by atoms with Crippen molar-refractivity contribution in [2.75, 3.05) is 18.6 Å². The summed E-state index contributed by atoms with van der Waals surface area (Å²) < 4.78 is 10.4. The molecule has 34 heavy (non-hydrogen) atoms. The van der Waals surface area contributed by atoms with E-state index in [2.05, 4.69) is 4.98 Å². The van der Waals surface area contributed by atoms with Gasteiger partial charge < -0.3 is 14.6 Å². The molecular formula is C25H22N2O6S. The Labute approximate surface area is 200 Å². The SMILES string of the molecule is CCCOc1cccc(C(O)=C2C(=O)C(=O)N(c3nccs3)C2c2ccc(C(=O)OC)cc2)c1. The van der Waals surface area contributed by atoms with Gasteiger partial charge in [0.15, 0.2) is 5.13 Å². The minimum atomic E-state index is -0.932. The van der Waals surface area contributed by atoms with Crippen molar-refractivity contribution in [2.45, 2.75) is 19.4 Å². The first-order valence-electron chi connectivity index (χ1n) is 10.6. The summed E-state index contributed by atoms with van der Waals surface area (Å²) in [4.78, 5) is 43.5. The molecule has 1 amide bonds. The van der Waals surface area contributed by atoms with Gasteiger partial charge in [0.1, 0.15) is 11.5 Å². The maximum absolute atomic E-state index is 13.2. The van der Waals surface area contributed by atoms with E-state index in [4.69, 9.17) is 9.47 Å². The molecule has 1 aliphatic rings. The minimum Gasteiger partial charge on any atom is -0.507 e. The van der Waals surface area contributed by atoms with Crippen LogP contribution in [0.5, 0.6) is 5.75 Å². The number of carbonyl (C=O) groups is 3. The zero-order valence-electron chi connectivity index (χ0n) is 18.6. The number of rotatable bonds is 7. The lowest BCUT2D eigenvalue weighted by Crippen LogP contribution is -2.29. The summed E-state index contributed by atoms with van der Waals surface area (Å²) in [6.45, 7) is 2.49. The van der Waals surface area contributed by atoms with Crippen LogP contribution >= 0.6 is 11.3 Å². The number of amides is 1. The largest absolute Gasteiger partial charge is 0.507 e. The van der Waals surface area contributed by atoms with Crippen LogP contribution in [0.4, 0.5) is 5.13 Å². The van der Waals surface area contributed by atoms with Crippen molar-refractivity contribution in [1.82, 2.24) is 4.98 Å². The number of thiazole rings is 1. The number of ketones is 1. The lowest BCUT2D eigenvalue weighted by atomic mass is 9.94. The molecule has 0 spiro atoms. The highest BCUT2D eigenvalue weighted by Crippen LogP contribution is 2.43. The lowest BCUT2D eigenvalue weighted by molar-refractivity contribution is -0.132. The van der Waals surface area contributed by atoms with Gasteiger partial charge in [0.2, 0.25) is 0 Å². The third-order valence-corrected chi connectivity index (χ3v) is 6.07. The van der Waals surface area contributed by atoms with Crippen LogP contribution in [-0.4, -0.2) is 41.5 Å². The minimum absolute atomic E-state index is 0.0707. The standard InChI is InChI=1S/C25H22N2O6S/c1-3-12-33-18-6-4-5-17(14-18)21(28)19-20(15-7-9-16(10-8-15)24(31)32-2)27(23(30)22(19)29)25-26-11-13-34-25/h4-11,13-14,20,28H,3,12H2,1-2H3. The molecule has 2 aromatic carbocycles. The zero-order valence-corrected chi connectivity index (χ0v) is 19.4. The number of ether oxygens (including phenoxy) is 2. The summed E-state index contributed by atoms with van der Waals surface area (Å²) in [5, 5.41) is 13.2. The topological polar surface area (TPSA) is 106 Å². The van der Waals surface area contributed by atoms with Crippen LogP contribution in [0.1, 0.15) is 40.9 Å². The van der Waals surface area contributed by atoms with Crippen LogP contribution in [0.3, 0.4) is 0 Å².